The molecule has 0 bridgehead atoms. The molecular weight excluding hydrogens is 336 g/mol. The average Bonchev–Trinajstić information content (AvgIpc) is 2.92. The van der Waals surface area contributed by atoms with Gasteiger partial charge < -0.3 is 9.47 Å². The van der Waals surface area contributed by atoms with E-state index in [0.717, 1.165) is 4.09 Å². The molecule has 0 aliphatic carbocycles. The molecule has 0 fully saturated rings. The van der Waals surface area contributed by atoms with E-state index >= 15 is 0 Å². The van der Waals surface area contributed by atoms with Crippen molar-refractivity contribution in [2.24, 2.45) is 0 Å². The van der Waals surface area contributed by atoms with Crippen LogP contribution in [0, 0.1) is 0 Å². The summed E-state index contributed by atoms with van der Waals surface area (Å²) in [6.07, 6.45) is 2.74. The lowest BCUT2D eigenvalue weighted by Gasteiger charge is -2.12. The van der Waals surface area contributed by atoms with Crippen molar-refractivity contribution in [3.63, 3.8) is 0 Å². The van der Waals surface area contributed by atoms with Crippen LogP contribution in [0.25, 0.3) is 0 Å². The lowest BCUT2D eigenvalue weighted by atomic mass is 10.3. The molecule has 0 aliphatic heterocycles. The van der Waals surface area contributed by atoms with Crippen molar-refractivity contribution in [2.75, 3.05) is 14.2 Å². The van der Waals surface area contributed by atoms with Gasteiger partial charge in [-0.1, -0.05) is 0 Å². The summed E-state index contributed by atoms with van der Waals surface area (Å²) in [4.78, 5) is -0.0150. The van der Waals surface area contributed by atoms with E-state index in [1.807, 2.05) is 0 Å². The predicted octanol–water partition coefficient (Wildman–Crippen LogP) is 1.90. The van der Waals surface area contributed by atoms with Gasteiger partial charge in [-0.05, 0) is 28.1 Å². The molecule has 0 atom stereocenters. The molecule has 0 N–H and O–H groups in total. The molecule has 0 amide bonds. The molecule has 2 rings (SSSR count). The molecular formula is C11H11BrN2O4S. The first kappa shape index (κ1) is 13.9. The minimum absolute atomic E-state index is 0.0150. The Balaban J connectivity index is 2.68. The van der Waals surface area contributed by atoms with E-state index in [0.29, 0.717) is 10.2 Å². The van der Waals surface area contributed by atoms with E-state index in [2.05, 4.69) is 21.0 Å². The molecule has 0 radical (unpaired) electrons. The summed E-state index contributed by atoms with van der Waals surface area (Å²) in [7, 11) is -0.954. The Labute approximate surface area is 119 Å². The largest absolute Gasteiger partial charge is 0.496 e. The summed E-state index contributed by atoms with van der Waals surface area (Å²) in [6.45, 7) is 0. The summed E-state index contributed by atoms with van der Waals surface area (Å²) in [5.41, 5.74) is 0. The summed E-state index contributed by atoms with van der Waals surface area (Å²) in [6, 6.07) is 4.45. The van der Waals surface area contributed by atoms with E-state index in [1.165, 1.54) is 44.8 Å². The lowest BCUT2D eigenvalue weighted by Crippen LogP contribution is -2.14. The highest BCUT2D eigenvalue weighted by molar-refractivity contribution is 9.10. The van der Waals surface area contributed by atoms with Gasteiger partial charge in [0, 0.05) is 12.3 Å². The Morgan fingerprint density at radius 3 is 2.42 bits per heavy atom. The highest BCUT2D eigenvalue weighted by Crippen LogP contribution is 2.35. The van der Waals surface area contributed by atoms with Crippen molar-refractivity contribution in [3.8, 4) is 11.5 Å². The van der Waals surface area contributed by atoms with E-state index in [4.69, 9.17) is 9.47 Å². The molecule has 0 saturated heterocycles. The quantitative estimate of drug-likeness (QED) is 0.845. The van der Waals surface area contributed by atoms with E-state index in [-0.39, 0.29) is 10.6 Å². The second-order valence-electron chi connectivity index (χ2n) is 3.52. The smallest absolute Gasteiger partial charge is 0.286 e. The van der Waals surface area contributed by atoms with E-state index in [9.17, 15) is 8.42 Å². The van der Waals surface area contributed by atoms with Crippen LogP contribution in [0.5, 0.6) is 11.5 Å². The Kier molecular flexibility index (Phi) is 3.81. The van der Waals surface area contributed by atoms with Gasteiger partial charge in [-0.25, -0.2) is 0 Å². The summed E-state index contributed by atoms with van der Waals surface area (Å²) >= 11 is 3.28. The number of hydrogen-bond acceptors (Lipinski definition) is 5. The third kappa shape index (κ3) is 2.45. The standard InChI is InChI=1S/C11H11BrN2O4S/c1-17-9-7-11(10(18-2)6-8(9)12)19(15,16)14-5-3-4-13-14/h3-7H,1-2H3. The zero-order valence-corrected chi connectivity index (χ0v) is 12.6. The molecule has 102 valence electrons. The van der Waals surface area contributed by atoms with Crippen LogP contribution in [0.2, 0.25) is 0 Å². The minimum Gasteiger partial charge on any atom is -0.496 e. The van der Waals surface area contributed by atoms with Gasteiger partial charge in [-0.3, -0.25) is 0 Å². The number of methoxy groups -OCH3 is 2. The van der Waals surface area contributed by atoms with Crippen LogP contribution in [0.4, 0.5) is 0 Å². The number of nitrogens with zero attached hydrogens (tertiary/aromatic N) is 2. The third-order valence-corrected chi connectivity index (χ3v) is 4.65. The van der Waals surface area contributed by atoms with Crippen molar-refractivity contribution >= 4 is 26.0 Å². The van der Waals surface area contributed by atoms with Crippen LogP contribution < -0.4 is 9.47 Å². The molecule has 0 spiro atoms. The number of benzene rings is 1. The Morgan fingerprint density at radius 1 is 1.21 bits per heavy atom. The molecule has 0 unspecified atom stereocenters. The molecule has 2 aromatic rings. The fraction of sp³-hybridized carbons (Fsp3) is 0.182. The van der Waals surface area contributed by atoms with Crippen molar-refractivity contribution < 1.29 is 17.9 Å². The van der Waals surface area contributed by atoms with Gasteiger partial charge in [-0.15, -0.1) is 0 Å². The van der Waals surface area contributed by atoms with Gasteiger partial charge in [0.25, 0.3) is 10.0 Å². The summed E-state index contributed by atoms with van der Waals surface area (Å²) in [5, 5.41) is 3.74. The first-order valence-corrected chi connectivity index (χ1v) is 7.40. The zero-order chi connectivity index (χ0) is 14.0. The normalized spacial score (nSPS) is 11.3. The van der Waals surface area contributed by atoms with Gasteiger partial charge in [0.2, 0.25) is 0 Å². The van der Waals surface area contributed by atoms with Crippen LogP contribution >= 0.6 is 15.9 Å². The molecule has 1 aromatic carbocycles. The Bertz CT molecular complexity index is 683. The first-order valence-electron chi connectivity index (χ1n) is 5.17. The predicted molar refractivity (Wildman–Crippen MR) is 72.1 cm³/mol. The Hall–Kier alpha value is -1.54. The van der Waals surface area contributed by atoms with Crippen LogP contribution in [0.1, 0.15) is 0 Å². The molecule has 6 nitrogen and oxygen atoms in total. The van der Waals surface area contributed by atoms with Crippen molar-refractivity contribution in [3.05, 3.63) is 35.1 Å². The monoisotopic (exact) mass is 346 g/mol. The average molecular weight is 347 g/mol. The van der Waals surface area contributed by atoms with Crippen molar-refractivity contribution in [2.45, 2.75) is 4.90 Å². The fourth-order valence-corrected chi connectivity index (χ4v) is 3.28. The molecule has 1 aromatic heterocycles. The summed E-state index contributed by atoms with van der Waals surface area (Å²) < 4.78 is 36.5. The van der Waals surface area contributed by atoms with Crippen LogP contribution in [-0.2, 0) is 10.0 Å². The molecule has 0 saturated carbocycles. The first-order chi connectivity index (χ1) is 9.00. The number of rotatable bonds is 4. The highest BCUT2D eigenvalue weighted by atomic mass is 79.9. The topological polar surface area (TPSA) is 70.4 Å². The van der Waals surface area contributed by atoms with Crippen LogP contribution in [0.3, 0.4) is 0 Å². The van der Waals surface area contributed by atoms with E-state index in [1.54, 1.807) is 0 Å². The maximum Gasteiger partial charge on any atom is 0.286 e. The van der Waals surface area contributed by atoms with Crippen LogP contribution in [0.15, 0.2) is 40.0 Å². The SMILES string of the molecule is COc1cc(S(=O)(=O)n2cccn2)c(OC)cc1Br. The molecule has 0 aliphatic rings. The molecule has 8 heteroatoms. The van der Waals surface area contributed by atoms with Gasteiger partial charge in [-0.2, -0.15) is 17.6 Å². The molecule has 19 heavy (non-hydrogen) atoms. The zero-order valence-electron chi connectivity index (χ0n) is 10.2. The maximum absolute atomic E-state index is 12.4. The third-order valence-electron chi connectivity index (χ3n) is 2.44. The summed E-state index contributed by atoms with van der Waals surface area (Å²) in [5.74, 6) is 0.606. The van der Waals surface area contributed by atoms with Gasteiger partial charge in [0.15, 0.2) is 0 Å². The fourth-order valence-electron chi connectivity index (χ4n) is 1.53. The van der Waals surface area contributed by atoms with Gasteiger partial charge in [0.1, 0.15) is 16.4 Å². The molecule has 1 heterocycles. The number of aromatic nitrogens is 2. The van der Waals surface area contributed by atoms with Gasteiger partial charge in [0.05, 0.1) is 24.9 Å². The number of ether oxygens (including phenoxy) is 2. The highest BCUT2D eigenvalue weighted by Gasteiger charge is 2.24. The Morgan fingerprint density at radius 2 is 1.89 bits per heavy atom. The van der Waals surface area contributed by atoms with E-state index < -0.39 is 10.0 Å². The minimum atomic E-state index is -3.81. The van der Waals surface area contributed by atoms with Crippen molar-refractivity contribution in [1.82, 2.24) is 9.19 Å². The number of hydrogen-bond donors (Lipinski definition) is 0. The second-order valence-corrected chi connectivity index (χ2v) is 6.14. The van der Waals surface area contributed by atoms with Crippen LogP contribution in [-0.4, -0.2) is 31.8 Å². The number of halogens is 1. The second kappa shape index (κ2) is 5.22. The van der Waals surface area contributed by atoms with Gasteiger partial charge >= 0.3 is 0 Å². The maximum atomic E-state index is 12.4. The van der Waals surface area contributed by atoms with Crippen molar-refractivity contribution in [1.29, 1.82) is 0 Å². The lowest BCUT2D eigenvalue weighted by molar-refractivity contribution is 0.390.